The van der Waals surface area contributed by atoms with Gasteiger partial charge < -0.3 is 25.7 Å². The Hall–Kier alpha value is -0.950. The zero-order chi connectivity index (χ0) is 52.3. The lowest BCUT2D eigenvalue weighted by Crippen LogP contribution is -2.53. The molecule has 0 aliphatic rings. The molecule has 0 aliphatic heterocycles. The minimum Gasteiger partial charge on any atom is -0.394 e. The van der Waals surface area contributed by atoms with E-state index < -0.39 is 36.9 Å². The molecule has 0 aliphatic carbocycles. The van der Waals surface area contributed by atoms with Crippen molar-refractivity contribution in [2.45, 2.75) is 398 Å². The van der Waals surface area contributed by atoms with E-state index in [0.717, 1.165) is 38.5 Å². The van der Waals surface area contributed by atoms with Crippen LogP contribution in [0.3, 0.4) is 0 Å². The number of hydrogen-bond donors (Lipinski definition) is 5. The van der Waals surface area contributed by atoms with Crippen molar-refractivity contribution < 1.29 is 25.2 Å². The summed E-state index contributed by atoms with van der Waals surface area (Å²) in [5.41, 5.74) is 0. The van der Waals surface area contributed by atoms with Gasteiger partial charge in [0.15, 0.2) is 0 Å². The topological polar surface area (TPSA) is 110 Å². The van der Waals surface area contributed by atoms with Gasteiger partial charge in [0.25, 0.3) is 0 Å². The monoisotopic (exact) mass is 1020 g/mol. The molecule has 0 spiro atoms. The molecule has 430 valence electrons. The van der Waals surface area contributed by atoms with E-state index in [1.807, 2.05) is 0 Å². The van der Waals surface area contributed by atoms with Gasteiger partial charge in [-0.3, -0.25) is 4.79 Å². The van der Waals surface area contributed by atoms with Crippen LogP contribution >= 0.6 is 0 Å². The Labute approximate surface area is 451 Å². The van der Waals surface area contributed by atoms with Crippen molar-refractivity contribution in [3.8, 4) is 0 Å². The number of carbonyl (C=O) groups is 1. The zero-order valence-electron chi connectivity index (χ0n) is 49.0. The second-order valence-corrected chi connectivity index (χ2v) is 23.2. The molecule has 0 heterocycles. The minimum absolute atomic E-state index is 0.369. The van der Waals surface area contributed by atoms with Crippen LogP contribution in [0.5, 0.6) is 0 Å². The second-order valence-electron chi connectivity index (χ2n) is 23.2. The Morgan fingerprint density at radius 3 is 0.833 bits per heavy atom. The van der Waals surface area contributed by atoms with E-state index in [2.05, 4.69) is 31.3 Å². The summed E-state index contributed by atoms with van der Waals surface area (Å²) in [5.74, 6) is -0.585. The van der Waals surface area contributed by atoms with Gasteiger partial charge in [-0.1, -0.05) is 347 Å². The number of amides is 1. The summed E-state index contributed by atoms with van der Waals surface area (Å²) in [6, 6.07) is -1.000. The number of aliphatic hydroxyl groups is 4. The van der Waals surface area contributed by atoms with Crippen molar-refractivity contribution >= 4 is 5.91 Å². The molecule has 0 aromatic heterocycles. The SMILES string of the molecule is CCCCCCCCCCCCCCCCCCC/C=C/CCCC(O)C(O)C(CO)NC(=O)C(O)CCCCCCCCCCCCCCCCCCCCCCCCCCCCCCCCCCCC. The molecule has 0 saturated carbocycles. The van der Waals surface area contributed by atoms with Crippen LogP contribution < -0.4 is 5.32 Å². The second kappa shape index (κ2) is 60.9. The average Bonchev–Trinajstić information content (AvgIpc) is 3.39. The molecule has 0 rings (SSSR count). The van der Waals surface area contributed by atoms with Crippen LogP contribution in [0, 0.1) is 0 Å². The first kappa shape index (κ1) is 71.0. The third kappa shape index (κ3) is 53.9. The molecule has 0 bridgehead atoms. The summed E-state index contributed by atoms with van der Waals surface area (Å²) in [7, 11) is 0. The lowest BCUT2D eigenvalue weighted by atomic mass is 10.00. The van der Waals surface area contributed by atoms with Crippen LogP contribution in [0.25, 0.3) is 0 Å². The van der Waals surface area contributed by atoms with Crippen LogP contribution in [0.4, 0.5) is 0 Å². The largest absolute Gasteiger partial charge is 0.394 e. The maximum atomic E-state index is 12.6. The zero-order valence-corrected chi connectivity index (χ0v) is 49.0. The molecule has 0 saturated heterocycles. The van der Waals surface area contributed by atoms with Gasteiger partial charge in [0.2, 0.25) is 5.91 Å². The molecular formula is C66H131NO5. The number of unbranched alkanes of at least 4 members (excludes halogenated alkanes) is 51. The Balaban J connectivity index is 3.53. The number of hydrogen-bond acceptors (Lipinski definition) is 5. The van der Waals surface area contributed by atoms with Gasteiger partial charge in [-0.05, 0) is 38.5 Å². The van der Waals surface area contributed by atoms with E-state index in [0.29, 0.717) is 12.8 Å². The van der Waals surface area contributed by atoms with E-state index >= 15 is 0 Å². The lowest BCUT2D eigenvalue weighted by Gasteiger charge is -2.27. The molecule has 0 aromatic carbocycles. The van der Waals surface area contributed by atoms with Gasteiger partial charge in [-0.25, -0.2) is 0 Å². The molecule has 4 unspecified atom stereocenters. The maximum absolute atomic E-state index is 12.6. The molecule has 72 heavy (non-hydrogen) atoms. The number of carbonyl (C=O) groups excluding carboxylic acids is 1. The summed E-state index contributed by atoms with van der Waals surface area (Å²) in [6.45, 7) is 4.10. The molecule has 0 fully saturated rings. The van der Waals surface area contributed by atoms with Gasteiger partial charge in [0, 0.05) is 0 Å². The number of nitrogens with one attached hydrogen (secondary N) is 1. The predicted octanol–water partition coefficient (Wildman–Crippen LogP) is 20.0. The molecule has 5 N–H and O–H groups in total. The van der Waals surface area contributed by atoms with Crippen molar-refractivity contribution in [2.75, 3.05) is 6.61 Å². The fourth-order valence-corrected chi connectivity index (χ4v) is 10.8. The minimum atomic E-state index is -1.28. The van der Waals surface area contributed by atoms with Crippen molar-refractivity contribution in [3.05, 3.63) is 12.2 Å². The van der Waals surface area contributed by atoms with Crippen molar-refractivity contribution in [3.63, 3.8) is 0 Å². The third-order valence-corrected chi connectivity index (χ3v) is 16.0. The van der Waals surface area contributed by atoms with Crippen LogP contribution in [0.2, 0.25) is 0 Å². The maximum Gasteiger partial charge on any atom is 0.249 e. The van der Waals surface area contributed by atoms with Gasteiger partial charge >= 0.3 is 0 Å². The summed E-state index contributed by atoms with van der Waals surface area (Å²) in [5, 5.41) is 44.1. The van der Waals surface area contributed by atoms with Gasteiger partial charge in [0.05, 0.1) is 18.8 Å². The Kier molecular flexibility index (Phi) is 60.1. The highest BCUT2D eigenvalue weighted by atomic mass is 16.3. The number of aliphatic hydroxyl groups excluding tert-OH is 4. The van der Waals surface area contributed by atoms with Crippen molar-refractivity contribution in [1.29, 1.82) is 0 Å². The Morgan fingerprint density at radius 2 is 0.569 bits per heavy atom. The molecular weight excluding hydrogens is 887 g/mol. The fourth-order valence-electron chi connectivity index (χ4n) is 10.8. The fraction of sp³-hybridized carbons (Fsp3) is 0.955. The van der Waals surface area contributed by atoms with Crippen LogP contribution in [0.15, 0.2) is 12.2 Å². The third-order valence-electron chi connectivity index (χ3n) is 16.0. The quantitative estimate of drug-likeness (QED) is 0.0308. The first-order valence-corrected chi connectivity index (χ1v) is 33.1. The first-order valence-electron chi connectivity index (χ1n) is 33.1. The highest BCUT2D eigenvalue weighted by Gasteiger charge is 2.28. The standard InChI is InChI=1S/C66H131NO5/c1-3-5-7-9-11-13-15-17-19-21-23-25-27-28-29-30-31-32-33-34-35-36-37-38-40-42-44-46-48-50-52-54-56-58-60-64(70)66(72)67-62(61-68)65(71)63(69)59-57-55-53-51-49-47-45-43-41-39-26-24-22-20-18-16-14-12-10-8-6-4-2/h51,53,62-65,68-71H,3-50,52,54-61H2,1-2H3,(H,67,72)/b53-51+. The van der Waals surface area contributed by atoms with E-state index in [1.165, 1.54) is 308 Å². The smallest absolute Gasteiger partial charge is 0.249 e. The summed E-state index contributed by atoms with van der Waals surface area (Å²) in [6.07, 6.45) is 74.7. The van der Waals surface area contributed by atoms with Crippen LogP contribution in [-0.2, 0) is 4.79 Å². The highest BCUT2D eigenvalue weighted by Crippen LogP contribution is 2.19. The average molecular weight is 1020 g/mol. The lowest BCUT2D eigenvalue weighted by molar-refractivity contribution is -0.132. The predicted molar refractivity (Wildman–Crippen MR) is 316 cm³/mol. The summed E-state index contributed by atoms with van der Waals surface area (Å²) in [4.78, 5) is 12.6. The highest BCUT2D eigenvalue weighted by molar-refractivity contribution is 5.80. The van der Waals surface area contributed by atoms with Crippen LogP contribution in [-0.4, -0.2) is 57.3 Å². The summed E-state index contributed by atoms with van der Waals surface area (Å²) >= 11 is 0. The molecule has 1 amide bonds. The van der Waals surface area contributed by atoms with E-state index in [1.54, 1.807) is 0 Å². The molecule has 4 atom stereocenters. The molecule has 0 radical (unpaired) electrons. The van der Waals surface area contributed by atoms with E-state index in [-0.39, 0.29) is 0 Å². The van der Waals surface area contributed by atoms with E-state index in [4.69, 9.17) is 0 Å². The molecule has 0 aromatic rings. The Morgan fingerprint density at radius 1 is 0.333 bits per heavy atom. The molecule has 6 nitrogen and oxygen atoms in total. The number of allylic oxidation sites excluding steroid dienone is 2. The van der Waals surface area contributed by atoms with Gasteiger partial charge in [0.1, 0.15) is 12.2 Å². The summed E-state index contributed by atoms with van der Waals surface area (Å²) < 4.78 is 0. The Bertz CT molecular complexity index is 1050. The van der Waals surface area contributed by atoms with Gasteiger partial charge in [-0.15, -0.1) is 0 Å². The van der Waals surface area contributed by atoms with E-state index in [9.17, 15) is 25.2 Å². The van der Waals surface area contributed by atoms with Crippen molar-refractivity contribution in [1.82, 2.24) is 5.32 Å². The van der Waals surface area contributed by atoms with Crippen molar-refractivity contribution in [2.24, 2.45) is 0 Å². The molecule has 6 heteroatoms. The van der Waals surface area contributed by atoms with Gasteiger partial charge in [-0.2, -0.15) is 0 Å². The normalized spacial score (nSPS) is 13.6. The van der Waals surface area contributed by atoms with Crippen LogP contribution in [0.1, 0.15) is 373 Å². The first-order chi connectivity index (χ1) is 35.5. The number of rotatable bonds is 62.